The number of hydrogen-bond acceptors (Lipinski definition) is 4. The van der Waals surface area contributed by atoms with Gasteiger partial charge in [0.2, 0.25) is 0 Å². The van der Waals surface area contributed by atoms with E-state index in [1.54, 1.807) is 11.4 Å². The van der Waals surface area contributed by atoms with Crippen LogP contribution in [0.25, 0.3) is 0 Å². The highest BCUT2D eigenvalue weighted by atomic mass is 32.2. The van der Waals surface area contributed by atoms with Crippen LogP contribution in [-0.4, -0.2) is 73.4 Å². The Morgan fingerprint density at radius 1 is 1.24 bits per heavy atom. The van der Waals surface area contributed by atoms with E-state index >= 15 is 0 Å². The van der Waals surface area contributed by atoms with Gasteiger partial charge in [0.25, 0.3) is 10.2 Å². The molecular weight excluding hydrogens is 338 g/mol. The van der Waals surface area contributed by atoms with E-state index in [4.69, 9.17) is 0 Å². The fourth-order valence-corrected chi connectivity index (χ4v) is 5.68. The molecule has 2 atom stereocenters. The molecule has 2 aliphatic heterocycles. The molecule has 1 aromatic rings. The second-order valence-corrected chi connectivity index (χ2v) is 9.51. The lowest BCUT2D eigenvalue weighted by Gasteiger charge is -2.53. The first-order chi connectivity index (χ1) is 11.9. The van der Waals surface area contributed by atoms with E-state index in [2.05, 4.69) is 4.90 Å². The molecule has 0 bridgehead atoms. The quantitative estimate of drug-likeness (QED) is 0.848. The molecule has 0 aliphatic carbocycles. The molecule has 6 nitrogen and oxygen atoms in total. The summed E-state index contributed by atoms with van der Waals surface area (Å²) in [5, 5.41) is 9.98. The summed E-state index contributed by atoms with van der Waals surface area (Å²) in [5.74, 6) is 0. The van der Waals surface area contributed by atoms with Crippen molar-refractivity contribution in [3.05, 3.63) is 35.9 Å². The molecule has 140 valence electrons. The second kappa shape index (κ2) is 7.32. The molecule has 7 heteroatoms. The van der Waals surface area contributed by atoms with Gasteiger partial charge in [0, 0.05) is 38.1 Å². The van der Waals surface area contributed by atoms with Gasteiger partial charge >= 0.3 is 0 Å². The average Bonchev–Trinajstić information content (AvgIpc) is 2.62. The van der Waals surface area contributed by atoms with Crippen LogP contribution in [0.4, 0.5) is 0 Å². The third-order valence-corrected chi connectivity index (χ3v) is 7.84. The molecule has 0 saturated carbocycles. The van der Waals surface area contributed by atoms with E-state index in [0.717, 1.165) is 31.4 Å². The van der Waals surface area contributed by atoms with E-state index < -0.39 is 10.2 Å². The van der Waals surface area contributed by atoms with Crippen LogP contribution in [0.3, 0.4) is 0 Å². The molecule has 1 N–H and O–H groups in total. The normalized spacial score (nSPS) is 28.9. The Labute approximate surface area is 151 Å². The van der Waals surface area contributed by atoms with Crippen molar-refractivity contribution in [1.82, 2.24) is 13.5 Å². The summed E-state index contributed by atoms with van der Waals surface area (Å²) < 4.78 is 29.1. The van der Waals surface area contributed by atoms with Gasteiger partial charge in [-0.3, -0.25) is 0 Å². The number of aliphatic hydroxyl groups is 1. The lowest BCUT2D eigenvalue weighted by atomic mass is 9.69. The fraction of sp³-hybridized carbons (Fsp3) is 0.667. The van der Waals surface area contributed by atoms with Crippen LogP contribution in [-0.2, 0) is 16.8 Å². The van der Waals surface area contributed by atoms with Crippen LogP contribution in [0.5, 0.6) is 0 Å². The average molecular weight is 368 g/mol. The smallest absolute Gasteiger partial charge is 0.282 e. The third-order valence-electron chi connectivity index (χ3n) is 5.94. The summed E-state index contributed by atoms with van der Waals surface area (Å²) in [5.41, 5.74) is 0.821. The Morgan fingerprint density at radius 3 is 2.64 bits per heavy atom. The highest BCUT2D eigenvalue weighted by Crippen LogP contribution is 2.42. The van der Waals surface area contributed by atoms with Gasteiger partial charge in [0.05, 0.1) is 6.61 Å². The molecule has 0 amide bonds. The monoisotopic (exact) mass is 367 g/mol. The zero-order valence-electron chi connectivity index (χ0n) is 15.1. The molecule has 0 aromatic heterocycles. The first-order valence-corrected chi connectivity index (χ1v) is 10.4. The van der Waals surface area contributed by atoms with Crippen molar-refractivity contribution in [2.24, 2.45) is 5.41 Å². The van der Waals surface area contributed by atoms with Crippen LogP contribution >= 0.6 is 0 Å². The zero-order valence-corrected chi connectivity index (χ0v) is 16.0. The molecule has 1 aromatic carbocycles. The van der Waals surface area contributed by atoms with Crippen molar-refractivity contribution in [1.29, 1.82) is 0 Å². The largest absolute Gasteiger partial charge is 0.396 e. The summed E-state index contributed by atoms with van der Waals surface area (Å²) in [6.07, 6.45) is 2.76. The van der Waals surface area contributed by atoms with Gasteiger partial charge in [-0.05, 0) is 38.4 Å². The molecule has 2 fully saturated rings. The van der Waals surface area contributed by atoms with Gasteiger partial charge in [0.1, 0.15) is 0 Å². The molecular formula is C18H29N3O3S. The minimum Gasteiger partial charge on any atom is -0.396 e. The minimum atomic E-state index is -3.51. The molecule has 2 heterocycles. The number of benzene rings is 1. The Kier molecular flexibility index (Phi) is 5.51. The minimum absolute atomic E-state index is 0.0832. The number of nitrogens with zero attached hydrogens (tertiary/aromatic N) is 3. The van der Waals surface area contributed by atoms with E-state index in [1.807, 2.05) is 37.4 Å². The summed E-state index contributed by atoms with van der Waals surface area (Å²) in [6.45, 7) is 2.39. The second-order valence-electron chi connectivity index (χ2n) is 7.48. The van der Waals surface area contributed by atoms with Gasteiger partial charge in [-0.1, -0.05) is 30.3 Å². The third kappa shape index (κ3) is 3.61. The summed E-state index contributed by atoms with van der Waals surface area (Å²) in [4.78, 5) is 2.22. The molecule has 0 spiro atoms. The number of rotatable bonds is 5. The maximum absolute atomic E-state index is 13.0. The van der Waals surface area contributed by atoms with Gasteiger partial charge in [-0.15, -0.1) is 0 Å². The van der Waals surface area contributed by atoms with Crippen molar-refractivity contribution in [3.63, 3.8) is 0 Å². The highest BCUT2D eigenvalue weighted by molar-refractivity contribution is 7.86. The summed E-state index contributed by atoms with van der Waals surface area (Å²) in [7, 11) is 0.169. The Morgan fingerprint density at radius 2 is 1.96 bits per heavy atom. The topological polar surface area (TPSA) is 64.1 Å². The number of piperidine rings is 2. The predicted molar refractivity (Wildman–Crippen MR) is 98.2 cm³/mol. The SMILES string of the molecule is CN1CCC[C@]2(CO)CCN(S(=O)(=O)N(C)Cc3ccccc3)C[C@@H]12. The number of aliphatic hydroxyl groups excluding tert-OH is 1. The Balaban J connectivity index is 1.75. The first kappa shape index (κ1) is 18.8. The standard InChI is InChI=1S/C18H29N3O3S/c1-19-11-6-9-18(15-22)10-12-21(14-17(18)19)25(23,24)20(2)13-16-7-4-3-5-8-16/h3-5,7-8,17,22H,6,9-15H2,1-2H3/t17-,18-/m1/s1. The zero-order chi connectivity index (χ0) is 18.1. The molecule has 3 rings (SSSR count). The maximum Gasteiger partial charge on any atom is 0.282 e. The van der Waals surface area contributed by atoms with Crippen molar-refractivity contribution in [2.75, 3.05) is 40.3 Å². The number of likely N-dealkylation sites (tertiary alicyclic amines) is 1. The maximum atomic E-state index is 13.0. The summed E-state index contributed by atoms with van der Waals surface area (Å²) in [6, 6.07) is 9.73. The van der Waals surface area contributed by atoms with Crippen LogP contribution in [0.15, 0.2) is 30.3 Å². The lowest BCUT2D eigenvalue weighted by molar-refractivity contribution is -0.0516. The van der Waals surface area contributed by atoms with Crippen molar-refractivity contribution in [3.8, 4) is 0 Å². The van der Waals surface area contributed by atoms with Crippen LogP contribution in [0.2, 0.25) is 0 Å². The number of hydrogen-bond donors (Lipinski definition) is 1. The highest BCUT2D eigenvalue weighted by Gasteiger charge is 2.48. The fourth-order valence-electron chi connectivity index (χ4n) is 4.32. The van der Waals surface area contributed by atoms with E-state index in [1.165, 1.54) is 4.31 Å². The predicted octanol–water partition coefficient (Wildman–Crippen LogP) is 1.14. The van der Waals surface area contributed by atoms with Gasteiger partial charge in [0.15, 0.2) is 0 Å². The summed E-state index contributed by atoms with van der Waals surface area (Å²) >= 11 is 0. The number of likely N-dealkylation sites (N-methyl/N-ethyl adjacent to an activating group) is 1. The van der Waals surface area contributed by atoms with Crippen molar-refractivity contribution in [2.45, 2.75) is 31.8 Å². The Hall–Kier alpha value is -0.990. The van der Waals surface area contributed by atoms with E-state index in [-0.39, 0.29) is 18.1 Å². The van der Waals surface area contributed by atoms with Crippen LogP contribution in [0, 0.1) is 5.41 Å². The van der Waals surface area contributed by atoms with Crippen molar-refractivity contribution >= 4 is 10.2 Å². The van der Waals surface area contributed by atoms with Crippen LogP contribution in [0.1, 0.15) is 24.8 Å². The van der Waals surface area contributed by atoms with E-state index in [0.29, 0.717) is 19.6 Å². The lowest BCUT2D eigenvalue weighted by Crippen LogP contribution is -2.63. The van der Waals surface area contributed by atoms with Gasteiger partial charge < -0.3 is 10.0 Å². The molecule has 0 radical (unpaired) electrons. The number of fused-ring (bicyclic) bond motifs is 1. The van der Waals surface area contributed by atoms with Crippen molar-refractivity contribution < 1.29 is 13.5 Å². The molecule has 0 unspecified atom stereocenters. The molecule has 2 saturated heterocycles. The van der Waals surface area contributed by atoms with Crippen LogP contribution < -0.4 is 0 Å². The Bertz CT molecular complexity index is 682. The first-order valence-electron chi connectivity index (χ1n) is 8.95. The van der Waals surface area contributed by atoms with Gasteiger partial charge in [-0.2, -0.15) is 17.0 Å². The van der Waals surface area contributed by atoms with E-state index in [9.17, 15) is 13.5 Å². The van der Waals surface area contributed by atoms with Gasteiger partial charge in [-0.25, -0.2) is 0 Å². The molecule has 2 aliphatic rings. The molecule has 25 heavy (non-hydrogen) atoms.